The fourth-order valence-corrected chi connectivity index (χ4v) is 2.93. The minimum Gasteiger partial charge on any atom is -0.497 e. The fraction of sp³-hybridized carbons (Fsp3) is 0.588. The number of amides is 1. The first-order valence-corrected chi connectivity index (χ1v) is 7.77. The van der Waals surface area contributed by atoms with E-state index in [9.17, 15) is 9.90 Å². The third-order valence-corrected chi connectivity index (χ3v) is 4.70. The van der Waals surface area contributed by atoms with Crippen LogP contribution in [-0.2, 0) is 11.2 Å². The van der Waals surface area contributed by atoms with Crippen LogP contribution in [0.5, 0.6) is 5.75 Å². The van der Waals surface area contributed by atoms with Crippen molar-refractivity contribution in [3.05, 3.63) is 29.8 Å². The molecule has 2 fully saturated rings. The molecule has 0 unspecified atom stereocenters. The van der Waals surface area contributed by atoms with Gasteiger partial charge in [0.05, 0.1) is 7.11 Å². The maximum atomic E-state index is 12.2. The Morgan fingerprint density at radius 3 is 2.81 bits per heavy atom. The summed E-state index contributed by atoms with van der Waals surface area (Å²) in [5.74, 6) is 1.20. The summed E-state index contributed by atoms with van der Waals surface area (Å²) >= 11 is 0. The van der Waals surface area contributed by atoms with E-state index in [4.69, 9.17) is 4.74 Å². The largest absolute Gasteiger partial charge is 0.497 e. The Kier molecular flexibility index (Phi) is 3.89. The van der Waals surface area contributed by atoms with E-state index in [0.29, 0.717) is 18.8 Å². The first-order chi connectivity index (χ1) is 10.1. The van der Waals surface area contributed by atoms with E-state index >= 15 is 0 Å². The molecule has 1 aromatic carbocycles. The van der Waals surface area contributed by atoms with Gasteiger partial charge in [0.15, 0.2) is 0 Å². The van der Waals surface area contributed by atoms with Gasteiger partial charge in [-0.05, 0) is 62.1 Å². The molecular weight excluding hydrogens is 266 g/mol. The zero-order valence-electron chi connectivity index (χ0n) is 12.5. The first kappa shape index (κ1) is 14.4. The number of nitrogens with one attached hydrogen (secondary N) is 1. The first-order valence-electron chi connectivity index (χ1n) is 7.77. The predicted octanol–water partition coefficient (Wildman–Crippen LogP) is 2.05. The molecule has 1 aromatic rings. The molecule has 0 saturated heterocycles. The van der Waals surface area contributed by atoms with E-state index in [-0.39, 0.29) is 11.9 Å². The molecule has 2 N–H and O–H groups in total. The second-order valence-corrected chi connectivity index (χ2v) is 6.36. The van der Waals surface area contributed by atoms with Gasteiger partial charge in [-0.3, -0.25) is 4.79 Å². The van der Waals surface area contributed by atoms with Crippen molar-refractivity contribution >= 4 is 5.91 Å². The summed E-state index contributed by atoms with van der Waals surface area (Å²) in [7, 11) is 1.66. The van der Waals surface area contributed by atoms with E-state index in [2.05, 4.69) is 11.4 Å². The Hall–Kier alpha value is -1.55. The number of hydrogen-bond donors (Lipinski definition) is 2. The van der Waals surface area contributed by atoms with Gasteiger partial charge >= 0.3 is 0 Å². The molecule has 0 aliphatic heterocycles. The average Bonchev–Trinajstić information content (AvgIpc) is 3.28. The van der Waals surface area contributed by atoms with Crippen LogP contribution in [0.2, 0.25) is 0 Å². The van der Waals surface area contributed by atoms with Crippen molar-refractivity contribution in [2.75, 3.05) is 7.11 Å². The van der Waals surface area contributed by atoms with Crippen LogP contribution in [0.4, 0.5) is 0 Å². The van der Waals surface area contributed by atoms with E-state index < -0.39 is 5.60 Å². The van der Waals surface area contributed by atoms with Gasteiger partial charge in [0.25, 0.3) is 5.91 Å². The Labute approximate surface area is 125 Å². The molecule has 4 nitrogen and oxygen atoms in total. The van der Waals surface area contributed by atoms with Crippen molar-refractivity contribution in [1.82, 2.24) is 5.32 Å². The predicted molar refractivity (Wildman–Crippen MR) is 80.2 cm³/mol. The summed E-state index contributed by atoms with van der Waals surface area (Å²) in [6.45, 7) is 0. The van der Waals surface area contributed by atoms with Crippen molar-refractivity contribution in [3.8, 4) is 5.75 Å². The van der Waals surface area contributed by atoms with Gasteiger partial charge in [-0.1, -0.05) is 12.1 Å². The summed E-state index contributed by atoms with van der Waals surface area (Å²) in [5.41, 5.74) is 0.0498. The fourth-order valence-electron chi connectivity index (χ4n) is 2.93. The molecule has 1 amide bonds. The molecular formula is C17H23NO3. The van der Waals surface area contributed by atoms with Crippen molar-refractivity contribution < 1.29 is 14.6 Å². The zero-order chi connectivity index (χ0) is 14.9. The summed E-state index contributed by atoms with van der Waals surface area (Å²) in [6, 6.07) is 8.08. The monoisotopic (exact) mass is 289 g/mol. The number of rotatable bonds is 6. The Bertz CT molecular complexity index is 521. The molecule has 0 heterocycles. The van der Waals surface area contributed by atoms with Gasteiger partial charge in [-0.15, -0.1) is 0 Å². The Morgan fingerprint density at radius 1 is 1.48 bits per heavy atom. The van der Waals surface area contributed by atoms with E-state index in [0.717, 1.165) is 37.0 Å². The van der Waals surface area contributed by atoms with Crippen molar-refractivity contribution in [3.63, 3.8) is 0 Å². The number of benzene rings is 1. The molecule has 0 spiro atoms. The number of aliphatic hydroxyl groups is 1. The maximum Gasteiger partial charge on any atom is 0.252 e. The molecule has 114 valence electrons. The molecule has 4 heteroatoms. The van der Waals surface area contributed by atoms with Crippen LogP contribution in [0.25, 0.3) is 0 Å². The number of carbonyl (C=O) groups excluding carboxylic acids is 1. The Balaban J connectivity index is 1.65. The molecule has 0 radical (unpaired) electrons. The van der Waals surface area contributed by atoms with Gasteiger partial charge in [-0.2, -0.15) is 0 Å². The second kappa shape index (κ2) is 5.68. The van der Waals surface area contributed by atoms with Crippen LogP contribution >= 0.6 is 0 Å². The second-order valence-electron chi connectivity index (χ2n) is 6.36. The highest BCUT2D eigenvalue weighted by atomic mass is 16.5. The molecule has 0 aromatic heterocycles. The van der Waals surface area contributed by atoms with Crippen LogP contribution < -0.4 is 10.1 Å². The zero-order valence-corrected chi connectivity index (χ0v) is 12.5. The topological polar surface area (TPSA) is 58.6 Å². The summed E-state index contributed by atoms with van der Waals surface area (Å²) in [5, 5.41) is 13.2. The maximum absolute atomic E-state index is 12.2. The van der Waals surface area contributed by atoms with E-state index in [1.54, 1.807) is 7.11 Å². The molecule has 0 bridgehead atoms. The standard InChI is InChI=1S/C17H23NO3/c1-21-14-5-2-4-12(10-14)11-15(13-6-7-13)18-16(19)17(20)8-3-9-17/h2,4-5,10,13,15,20H,3,6-9,11H2,1H3,(H,18,19)/t15-/m0/s1. The lowest BCUT2D eigenvalue weighted by Gasteiger charge is -2.36. The van der Waals surface area contributed by atoms with Crippen LogP contribution in [0.15, 0.2) is 24.3 Å². The average molecular weight is 289 g/mol. The van der Waals surface area contributed by atoms with Crippen molar-refractivity contribution in [2.45, 2.75) is 50.2 Å². The van der Waals surface area contributed by atoms with Crippen molar-refractivity contribution in [1.29, 1.82) is 0 Å². The van der Waals surface area contributed by atoms with Gasteiger partial charge in [0.2, 0.25) is 0 Å². The normalized spacial score (nSPS) is 21.2. The molecule has 2 aliphatic carbocycles. The van der Waals surface area contributed by atoms with E-state index in [1.165, 1.54) is 0 Å². The van der Waals surface area contributed by atoms with Crippen LogP contribution in [0.3, 0.4) is 0 Å². The van der Waals surface area contributed by atoms with Crippen molar-refractivity contribution in [2.24, 2.45) is 5.92 Å². The molecule has 2 aliphatic rings. The van der Waals surface area contributed by atoms with Gasteiger partial charge in [0.1, 0.15) is 11.4 Å². The minimum atomic E-state index is -1.11. The van der Waals surface area contributed by atoms with Gasteiger partial charge < -0.3 is 15.2 Å². The lowest BCUT2D eigenvalue weighted by atomic mass is 9.79. The third-order valence-electron chi connectivity index (χ3n) is 4.70. The summed E-state index contributed by atoms with van der Waals surface area (Å²) < 4.78 is 5.25. The number of methoxy groups -OCH3 is 1. The third kappa shape index (κ3) is 3.21. The van der Waals surface area contributed by atoms with Gasteiger partial charge in [-0.25, -0.2) is 0 Å². The number of ether oxygens (including phenoxy) is 1. The molecule has 2 saturated carbocycles. The molecule has 3 rings (SSSR count). The Morgan fingerprint density at radius 2 is 2.24 bits per heavy atom. The van der Waals surface area contributed by atoms with Crippen LogP contribution in [0, 0.1) is 5.92 Å². The molecule has 21 heavy (non-hydrogen) atoms. The van der Waals surface area contributed by atoms with Crippen LogP contribution in [-0.4, -0.2) is 29.8 Å². The molecule has 1 atom stereocenters. The quantitative estimate of drug-likeness (QED) is 0.842. The van der Waals surface area contributed by atoms with Crippen LogP contribution in [0.1, 0.15) is 37.7 Å². The number of carbonyl (C=O) groups is 1. The highest BCUT2D eigenvalue weighted by molar-refractivity contribution is 5.86. The smallest absolute Gasteiger partial charge is 0.252 e. The summed E-state index contributed by atoms with van der Waals surface area (Å²) in [4.78, 5) is 12.2. The highest BCUT2D eigenvalue weighted by Gasteiger charge is 2.44. The SMILES string of the molecule is COc1cccc(C[C@H](NC(=O)C2(O)CCC2)C2CC2)c1. The van der Waals surface area contributed by atoms with Gasteiger partial charge in [0, 0.05) is 6.04 Å². The lowest BCUT2D eigenvalue weighted by molar-refractivity contribution is -0.149. The number of hydrogen-bond acceptors (Lipinski definition) is 3. The highest BCUT2D eigenvalue weighted by Crippen LogP contribution is 2.36. The lowest BCUT2D eigenvalue weighted by Crippen LogP contribution is -2.55. The summed E-state index contributed by atoms with van der Waals surface area (Å²) in [6.07, 6.45) is 5.24. The van der Waals surface area contributed by atoms with E-state index in [1.807, 2.05) is 18.2 Å². The minimum absolute atomic E-state index is 0.120.